The maximum Gasteiger partial charge on any atom is 0.123 e. The predicted molar refractivity (Wildman–Crippen MR) is 78.4 cm³/mol. The molecule has 19 heavy (non-hydrogen) atoms. The Balaban J connectivity index is 2.17. The molecule has 3 heteroatoms. The van der Waals surface area contributed by atoms with Crippen molar-refractivity contribution in [3.63, 3.8) is 0 Å². The molecule has 1 fully saturated rings. The van der Waals surface area contributed by atoms with Crippen LogP contribution in [0, 0.1) is 18.7 Å². The summed E-state index contributed by atoms with van der Waals surface area (Å²) in [5.74, 6) is 0.342. The fourth-order valence-corrected chi connectivity index (χ4v) is 2.96. The number of nitrogens with zero attached hydrogens (tertiary/aromatic N) is 2. The highest BCUT2D eigenvalue weighted by Crippen LogP contribution is 2.24. The van der Waals surface area contributed by atoms with Crippen molar-refractivity contribution < 1.29 is 4.39 Å². The quantitative estimate of drug-likeness (QED) is 0.763. The van der Waals surface area contributed by atoms with E-state index in [1.807, 2.05) is 20.0 Å². The topological polar surface area (TPSA) is 15.6 Å². The summed E-state index contributed by atoms with van der Waals surface area (Å²) in [5.41, 5.74) is 3.24. The predicted octanol–water partition coefficient (Wildman–Crippen LogP) is 3.28. The smallest absolute Gasteiger partial charge is 0.123 e. The molecular formula is C16H23FN2. The monoisotopic (exact) mass is 262 g/mol. The molecule has 0 aliphatic carbocycles. The van der Waals surface area contributed by atoms with Gasteiger partial charge >= 0.3 is 0 Å². The van der Waals surface area contributed by atoms with E-state index < -0.39 is 0 Å². The van der Waals surface area contributed by atoms with Gasteiger partial charge in [-0.05, 0) is 68.7 Å². The lowest BCUT2D eigenvalue weighted by atomic mass is 9.86. The molecule has 2 nitrogen and oxygen atoms in total. The van der Waals surface area contributed by atoms with Gasteiger partial charge in [-0.2, -0.15) is 0 Å². The first kappa shape index (κ1) is 14.2. The van der Waals surface area contributed by atoms with Crippen molar-refractivity contribution >= 4 is 5.71 Å². The van der Waals surface area contributed by atoms with Gasteiger partial charge in [-0.1, -0.05) is 6.92 Å². The second kappa shape index (κ2) is 6.29. The number of benzene rings is 1. The van der Waals surface area contributed by atoms with E-state index in [1.165, 1.54) is 6.07 Å². The number of piperidine rings is 1. The molecule has 0 unspecified atom stereocenters. The standard InChI is InChI=1S/C16H23FN2/c1-4-19-9-7-13(8-10-19)16(18-3)15-6-5-14(17)11-12(15)2/h5-6,11,13H,4,7-10H2,1-3H3. The number of likely N-dealkylation sites (tertiary alicyclic amines) is 1. The van der Waals surface area contributed by atoms with Crippen LogP contribution in [0.3, 0.4) is 0 Å². The Hall–Kier alpha value is -1.22. The van der Waals surface area contributed by atoms with Gasteiger partial charge in [-0.15, -0.1) is 0 Å². The number of aliphatic imine (C=N–C) groups is 1. The molecule has 0 amide bonds. The van der Waals surface area contributed by atoms with Crippen LogP contribution in [0.1, 0.15) is 30.9 Å². The molecule has 0 N–H and O–H groups in total. The van der Waals surface area contributed by atoms with Crippen molar-refractivity contribution in [2.75, 3.05) is 26.7 Å². The van der Waals surface area contributed by atoms with Gasteiger partial charge in [0.15, 0.2) is 0 Å². The number of rotatable bonds is 3. The summed E-state index contributed by atoms with van der Waals surface area (Å²) in [5, 5.41) is 0. The van der Waals surface area contributed by atoms with E-state index in [9.17, 15) is 4.39 Å². The van der Waals surface area contributed by atoms with Gasteiger partial charge in [0.25, 0.3) is 0 Å². The summed E-state index contributed by atoms with van der Waals surface area (Å²) >= 11 is 0. The third-order valence-electron chi connectivity index (χ3n) is 4.13. The minimum atomic E-state index is -0.169. The van der Waals surface area contributed by atoms with Gasteiger partial charge in [0.2, 0.25) is 0 Å². The largest absolute Gasteiger partial charge is 0.304 e. The van der Waals surface area contributed by atoms with Crippen molar-refractivity contribution in [3.05, 3.63) is 35.1 Å². The van der Waals surface area contributed by atoms with Crippen LogP contribution < -0.4 is 0 Å². The van der Waals surface area contributed by atoms with Gasteiger partial charge in [-0.3, -0.25) is 4.99 Å². The van der Waals surface area contributed by atoms with Gasteiger partial charge in [-0.25, -0.2) is 4.39 Å². The Morgan fingerprint density at radius 2 is 2.05 bits per heavy atom. The van der Waals surface area contributed by atoms with Gasteiger partial charge < -0.3 is 4.90 Å². The Morgan fingerprint density at radius 3 is 2.58 bits per heavy atom. The fourth-order valence-electron chi connectivity index (χ4n) is 2.96. The molecule has 104 valence electrons. The van der Waals surface area contributed by atoms with E-state index in [-0.39, 0.29) is 5.82 Å². The van der Waals surface area contributed by atoms with Crippen LogP contribution in [-0.4, -0.2) is 37.3 Å². The number of halogens is 1. The number of hydrogen-bond acceptors (Lipinski definition) is 2. The fraction of sp³-hybridized carbons (Fsp3) is 0.562. The summed E-state index contributed by atoms with van der Waals surface area (Å²) < 4.78 is 13.2. The third-order valence-corrected chi connectivity index (χ3v) is 4.13. The average molecular weight is 262 g/mol. The van der Waals surface area contributed by atoms with Crippen LogP contribution in [0.25, 0.3) is 0 Å². The molecule has 1 heterocycles. The molecule has 0 radical (unpaired) electrons. The number of aryl methyl sites for hydroxylation is 1. The van der Waals surface area contributed by atoms with Crippen molar-refractivity contribution in [2.24, 2.45) is 10.9 Å². The molecule has 1 aliphatic rings. The van der Waals surface area contributed by atoms with Crippen LogP contribution in [0.15, 0.2) is 23.2 Å². The SMILES string of the molecule is CCN1CCC(C(=NC)c2ccc(F)cc2C)CC1. The molecule has 0 spiro atoms. The summed E-state index contributed by atoms with van der Waals surface area (Å²) in [4.78, 5) is 6.97. The average Bonchev–Trinajstić information content (AvgIpc) is 2.42. The van der Waals surface area contributed by atoms with Crippen LogP contribution in [0.2, 0.25) is 0 Å². The lowest BCUT2D eigenvalue weighted by molar-refractivity contribution is 0.219. The van der Waals surface area contributed by atoms with Crippen molar-refractivity contribution in [2.45, 2.75) is 26.7 Å². The Morgan fingerprint density at radius 1 is 1.37 bits per heavy atom. The number of hydrogen-bond donors (Lipinski definition) is 0. The summed E-state index contributed by atoms with van der Waals surface area (Å²) in [6.07, 6.45) is 2.30. The Labute approximate surface area is 115 Å². The minimum absolute atomic E-state index is 0.169. The lowest BCUT2D eigenvalue weighted by Gasteiger charge is -2.32. The van der Waals surface area contributed by atoms with Gasteiger partial charge in [0, 0.05) is 18.7 Å². The minimum Gasteiger partial charge on any atom is -0.304 e. The van der Waals surface area contributed by atoms with E-state index in [0.717, 1.165) is 49.3 Å². The molecule has 0 bridgehead atoms. The van der Waals surface area contributed by atoms with Crippen molar-refractivity contribution in [1.29, 1.82) is 0 Å². The van der Waals surface area contributed by atoms with E-state index in [4.69, 9.17) is 0 Å². The molecule has 0 atom stereocenters. The second-order valence-electron chi connectivity index (χ2n) is 5.28. The molecule has 2 rings (SSSR count). The van der Waals surface area contributed by atoms with Crippen molar-refractivity contribution in [3.8, 4) is 0 Å². The summed E-state index contributed by atoms with van der Waals surface area (Å²) in [6.45, 7) is 7.58. The second-order valence-corrected chi connectivity index (χ2v) is 5.28. The normalized spacial score (nSPS) is 18.8. The molecule has 1 aromatic rings. The summed E-state index contributed by atoms with van der Waals surface area (Å²) in [7, 11) is 1.85. The van der Waals surface area contributed by atoms with Gasteiger partial charge in [0.1, 0.15) is 5.82 Å². The Kier molecular flexibility index (Phi) is 4.70. The van der Waals surface area contributed by atoms with Crippen LogP contribution in [0.5, 0.6) is 0 Å². The maximum absolute atomic E-state index is 13.2. The first-order valence-corrected chi connectivity index (χ1v) is 7.11. The van der Waals surface area contributed by atoms with Crippen LogP contribution in [-0.2, 0) is 0 Å². The maximum atomic E-state index is 13.2. The highest BCUT2D eigenvalue weighted by Gasteiger charge is 2.24. The Bertz CT molecular complexity index is 460. The zero-order valence-corrected chi connectivity index (χ0v) is 12.1. The van der Waals surface area contributed by atoms with E-state index >= 15 is 0 Å². The molecule has 0 aromatic heterocycles. The van der Waals surface area contributed by atoms with E-state index in [2.05, 4.69) is 16.8 Å². The highest BCUT2D eigenvalue weighted by molar-refractivity contribution is 6.03. The van der Waals surface area contributed by atoms with E-state index in [0.29, 0.717) is 5.92 Å². The lowest BCUT2D eigenvalue weighted by Crippen LogP contribution is -2.36. The third kappa shape index (κ3) is 3.21. The molecule has 1 saturated heterocycles. The molecule has 1 aliphatic heterocycles. The highest BCUT2D eigenvalue weighted by atomic mass is 19.1. The van der Waals surface area contributed by atoms with Gasteiger partial charge in [0.05, 0.1) is 0 Å². The van der Waals surface area contributed by atoms with Crippen LogP contribution in [0.4, 0.5) is 4.39 Å². The van der Waals surface area contributed by atoms with Crippen molar-refractivity contribution in [1.82, 2.24) is 4.90 Å². The molecular weight excluding hydrogens is 239 g/mol. The zero-order chi connectivity index (χ0) is 13.8. The first-order valence-electron chi connectivity index (χ1n) is 7.11. The molecule has 1 aromatic carbocycles. The zero-order valence-electron chi connectivity index (χ0n) is 12.1. The summed E-state index contributed by atoms with van der Waals surface area (Å²) in [6, 6.07) is 5.01. The van der Waals surface area contributed by atoms with Crippen LogP contribution >= 0.6 is 0 Å². The molecule has 0 saturated carbocycles. The first-order chi connectivity index (χ1) is 9.15. The van der Waals surface area contributed by atoms with E-state index in [1.54, 1.807) is 6.07 Å².